The van der Waals surface area contributed by atoms with Crippen LogP contribution in [0.4, 0.5) is 0 Å². The van der Waals surface area contributed by atoms with Gasteiger partial charge in [-0.1, -0.05) is 29.3 Å². The van der Waals surface area contributed by atoms with Gasteiger partial charge in [-0.15, -0.1) is 0 Å². The molecule has 144 valence electrons. The quantitative estimate of drug-likeness (QED) is 0.604. The SMILES string of the molecule is Cc1nc2cn(C3CCC[C@@H]3C#N)c(O)c2c(-c2ccc(Cl)cc2Cl)c1CN. The molecule has 1 unspecified atom stereocenters. The zero-order valence-electron chi connectivity index (χ0n) is 15.4. The van der Waals surface area contributed by atoms with E-state index < -0.39 is 0 Å². The van der Waals surface area contributed by atoms with Gasteiger partial charge in [-0.3, -0.25) is 4.98 Å². The molecule has 0 aliphatic heterocycles. The van der Waals surface area contributed by atoms with Crippen LogP contribution in [0.5, 0.6) is 5.88 Å². The van der Waals surface area contributed by atoms with E-state index >= 15 is 0 Å². The van der Waals surface area contributed by atoms with E-state index in [0.29, 0.717) is 20.9 Å². The molecule has 1 fully saturated rings. The van der Waals surface area contributed by atoms with E-state index in [2.05, 4.69) is 11.1 Å². The molecule has 2 heterocycles. The second-order valence-electron chi connectivity index (χ2n) is 7.23. The minimum absolute atomic E-state index is 0.0608. The number of aromatic hydroxyl groups is 1. The first kappa shape index (κ1) is 19.1. The molecule has 28 heavy (non-hydrogen) atoms. The Bertz CT molecular complexity index is 1120. The van der Waals surface area contributed by atoms with E-state index in [1.54, 1.807) is 16.7 Å². The van der Waals surface area contributed by atoms with Crippen LogP contribution >= 0.6 is 23.2 Å². The predicted octanol–water partition coefficient (Wildman–Crippen LogP) is 5.35. The van der Waals surface area contributed by atoms with Crippen LogP contribution in [0.2, 0.25) is 10.0 Å². The third kappa shape index (κ3) is 2.93. The first-order valence-corrected chi connectivity index (χ1v) is 10.00. The Hall–Kier alpha value is -2.26. The van der Waals surface area contributed by atoms with Crippen LogP contribution in [-0.4, -0.2) is 14.7 Å². The van der Waals surface area contributed by atoms with Crippen molar-refractivity contribution in [3.8, 4) is 23.1 Å². The smallest absolute Gasteiger partial charge is 0.201 e. The molecule has 0 amide bonds. The van der Waals surface area contributed by atoms with E-state index in [1.807, 2.05) is 19.2 Å². The molecule has 1 aliphatic rings. The van der Waals surface area contributed by atoms with Gasteiger partial charge < -0.3 is 15.4 Å². The zero-order chi connectivity index (χ0) is 20.0. The molecule has 5 nitrogen and oxygen atoms in total. The molecule has 3 aromatic rings. The van der Waals surface area contributed by atoms with Crippen molar-refractivity contribution in [2.75, 3.05) is 0 Å². The summed E-state index contributed by atoms with van der Waals surface area (Å²) in [5.41, 5.74) is 9.84. The van der Waals surface area contributed by atoms with Crippen LogP contribution in [-0.2, 0) is 6.54 Å². The number of benzene rings is 1. The fourth-order valence-electron chi connectivity index (χ4n) is 4.32. The second-order valence-corrected chi connectivity index (χ2v) is 8.08. The van der Waals surface area contributed by atoms with Crippen LogP contribution in [0.15, 0.2) is 24.4 Å². The number of hydrogen-bond donors (Lipinski definition) is 2. The standard InChI is InChI=1S/C21H20Cl2N4O/c1-11-15(9-25)19(14-6-5-13(22)7-16(14)23)20-17(26-11)10-27(21(20)28)18-4-2-3-12(18)8-24/h5-7,10,12,18,28H,2-4,9,25H2,1H3/t12-,18?/m1/s1. The van der Waals surface area contributed by atoms with Gasteiger partial charge in [0.15, 0.2) is 0 Å². The van der Waals surface area contributed by atoms with Crippen molar-refractivity contribution in [1.29, 1.82) is 5.26 Å². The molecular formula is C21H20Cl2N4O. The fourth-order valence-corrected chi connectivity index (χ4v) is 4.82. The van der Waals surface area contributed by atoms with Gasteiger partial charge in [0, 0.05) is 39.6 Å². The van der Waals surface area contributed by atoms with Gasteiger partial charge in [-0.2, -0.15) is 5.26 Å². The van der Waals surface area contributed by atoms with E-state index in [4.69, 9.17) is 28.9 Å². The van der Waals surface area contributed by atoms with Crippen LogP contribution in [0.1, 0.15) is 36.6 Å². The van der Waals surface area contributed by atoms with Gasteiger partial charge in [0.05, 0.1) is 28.9 Å². The van der Waals surface area contributed by atoms with Crippen LogP contribution < -0.4 is 5.73 Å². The van der Waals surface area contributed by atoms with Crippen molar-refractivity contribution in [3.63, 3.8) is 0 Å². The van der Waals surface area contributed by atoms with Crippen LogP contribution in [0.3, 0.4) is 0 Å². The molecule has 3 N–H and O–H groups in total. The van der Waals surface area contributed by atoms with Crippen molar-refractivity contribution in [2.24, 2.45) is 11.7 Å². The first-order valence-electron chi connectivity index (χ1n) is 9.24. The Morgan fingerprint density at radius 3 is 2.82 bits per heavy atom. The Morgan fingerprint density at radius 1 is 1.36 bits per heavy atom. The Labute approximate surface area is 173 Å². The molecule has 1 aromatic carbocycles. The van der Waals surface area contributed by atoms with Crippen LogP contribution in [0.25, 0.3) is 22.0 Å². The van der Waals surface area contributed by atoms with Crippen molar-refractivity contribution in [3.05, 3.63) is 45.7 Å². The highest BCUT2D eigenvalue weighted by Crippen LogP contribution is 2.45. The molecule has 0 bridgehead atoms. The number of nitrogens with zero attached hydrogens (tertiary/aromatic N) is 3. The summed E-state index contributed by atoms with van der Waals surface area (Å²) in [5, 5.41) is 22.3. The summed E-state index contributed by atoms with van der Waals surface area (Å²) in [6.45, 7) is 2.16. The van der Waals surface area contributed by atoms with Gasteiger partial charge in [0.2, 0.25) is 5.88 Å². The number of aryl methyl sites for hydroxylation is 1. The lowest BCUT2D eigenvalue weighted by molar-refractivity contribution is 0.364. The van der Waals surface area contributed by atoms with Crippen molar-refractivity contribution in [1.82, 2.24) is 9.55 Å². The minimum Gasteiger partial charge on any atom is -0.494 e. The molecule has 0 spiro atoms. The molecular weight excluding hydrogens is 395 g/mol. The summed E-state index contributed by atoms with van der Waals surface area (Å²) in [6, 6.07) is 7.59. The highest BCUT2D eigenvalue weighted by Gasteiger charge is 2.32. The van der Waals surface area contributed by atoms with Gasteiger partial charge >= 0.3 is 0 Å². The van der Waals surface area contributed by atoms with E-state index in [1.165, 1.54) is 0 Å². The van der Waals surface area contributed by atoms with Gasteiger partial charge in [-0.05, 0) is 43.9 Å². The third-order valence-corrected chi connectivity index (χ3v) is 6.22. The number of aromatic nitrogens is 2. The minimum atomic E-state index is -0.120. The van der Waals surface area contributed by atoms with Gasteiger partial charge in [0.1, 0.15) is 0 Å². The summed E-state index contributed by atoms with van der Waals surface area (Å²) < 4.78 is 1.80. The summed E-state index contributed by atoms with van der Waals surface area (Å²) in [7, 11) is 0. The predicted molar refractivity (Wildman–Crippen MR) is 111 cm³/mol. The Balaban J connectivity index is 2.04. The highest BCUT2D eigenvalue weighted by molar-refractivity contribution is 6.36. The van der Waals surface area contributed by atoms with Gasteiger partial charge in [0.25, 0.3) is 0 Å². The lowest BCUT2D eigenvalue weighted by Crippen LogP contribution is -2.11. The first-order chi connectivity index (χ1) is 13.5. The number of fused-ring (bicyclic) bond motifs is 1. The van der Waals surface area contributed by atoms with E-state index in [9.17, 15) is 10.4 Å². The summed E-state index contributed by atoms with van der Waals surface area (Å²) in [6.07, 6.45) is 4.50. The number of nitriles is 1. The average molecular weight is 415 g/mol. The number of pyridine rings is 1. The molecule has 7 heteroatoms. The van der Waals surface area contributed by atoms with Gasteiger partial charge in [-0.25, -0.2) is 0 Å². The number of rotatable bonds is 3. The number of halogens is 2. The average Bonchev–Trinajstić information content (AvgIpc) is 3.25. The second kappa shape index (κ2) is 7.29. The summed E-state index contributed by atoms with van der Waals surface area (Å²) in [5.74, 6) is -0.0178. The van der Waals surface area contributed by atoms with Crippen molar-refractivity contribution < 1.29 is 5.11 Å². The molecule has 2 aromatic heterocycles. The number of nitrogens with two attached hydrogens (primary N) is 1. The zero-order valence-corrected chi connectivity index (χ0v) is 16.9. The van der Waals surface area contributed by atoms with Crippen molar-refractivity contribution >= 4 is 34.1 Å². The van der Waals surface area contributed by atoms with Crippen molar-refractivity contribution in [2.45, 2.75) is 38.8 Å². The normalized spacial score (nSPS) is 19.2. The molecule has 1 aliphatic carbocycles. The lowest BCUT2D eigenvalue weighted by Gasteiger charge is -2.17. The third-order valence-electron chi connectivity index (χ3n) is 5.67. The Kier molecular flexibility index (Phi) is 4.96. The fraction of sp³-hybridized carbons (Fsp3) is 0.333. The molecule has 0 saturated heterocycles. The topological polar surface area (TPSA) is 87.9 Å². The maximum atomic E-state index is 11.2. The van der Waals surface area contributed by atoms with E-state index in [-0.39, 0.29) is 24.4 Å². The van der Waals surface area contributed by atoms with Crippen LogP contribution in [0, 0.1) is 24.2 Å². The summed E-state index contributed by atoms with van der Waals surface area (Å²) >= 11 is 12.6. The maximum absolute atomic E-state index is 11.2. The highest BCUT2D eigenvalue weighted by atomic mass is 35.5. The number of hydrogen-bond acceptors (Lipinski definition) is 4. The molecule has 1 saturated carbocycles. The largest absolute Gasteiger partial charge is 0.494 e. The van der Waals surface area contributed by atoms with E-state index in [0.717, 1.165) is 41.6 Å². The lowest BCUT2D eigenvalue weighted by atomic mass is 9.95. The monoisotopic (exact) mass is 414 g/mol. The molecule has 4 rings (SSSR count). The Morgan fingerprint density at radius 2 is 2.14 bits per heavy atom. The molecule has 0 radical (unpaired) electrons. The maximum Gasteiger partial charge on any atom is 0.201 e. The molecule has 2 atom stereocenters. The summed E-state index contributed by atoms with van der Waals surface area (Å²) in [4.78, 5) is 4.67.